The number of aryl methyl sites for hydroxylation is 1. The molecule has 0 spiro atoms. The van der Waals surface area contributed by atoms with E-state index in [1.807, 2.05) is 24.3 Å². The SMILES string of the molecule is COc1ccc(CCC(Cl)(Cl)Cl)cc1. The van der Waals surface area contributed by atoms with Gasteiger partial charge in [0.2, 0.25) is 0 Å². The Morgan fingerprint density at radius 1 is 1.14 bits per heavy atom. The van der Waals surface area contributed by atoms with Crippen molar-refractivity contribution in [3.8, 4) is 5.75 Å². The summed E-state index contributed by atoms with van der Waals surface area (Å²) >= 11 is 16.9. The molecule has 0 fully saturated rings. The number of rotatable bonds is 3. The molecule has 1 nitrogen and oxygen atoms in total. The van der Waals surface area contributed by atoms with E-state index in [0.717, 1.165) is 17.7 Å². The van der Waals surface area contributed by atoms with Crippen molar-refractivity contribution < 1.29 is 4.74 Å². The first-order chi connectivity index (χ1) is 6.51. The monoisotopic (exact) mass is 252 g/mol. The average molecular weight is 254 g/mol. The molecule has 1 aromatic carbocycles. The molecular weight excluding hydrogens is 242 g/mol. The summed E-state index contributed by atoms with van der Waals surface area (Å²) < 4.78 is 3.87. The summed E-state index contributed by atoms with van der Waals surface area (Å²) in [6, 6.07) is 7.73. The Balaban J connectivity index is 2.52. The van der Waals surface area contributed by atoms with E-state index in [0.29, 0.717) is 6.42 Å². The molecule has 78 valence electrons. The number of hydrogen-bond donors (Lipinski definition) is 0. The smallest absolute Gasteiger partial charge is 0.190 e. The minimum absolute atomic E-state index is 0.518. The lowest BCUT2D eigenvalue weighted by Crippen LogP contribution is -2.03. The first-order valence-corrected chi connectivity index (χ1v) is 5.34. The van der Waals surface area contributed by atoms with Crippen LogP contribution in [-0.2, 0) is 6.42 Å². The van der Waals surface area contributed by atoms with Crippen LogP contribution in [0, 0.1) is 0 Å². The molecule has 0 unspecified atom stereocenters. The van der Waals surface area contributed by atoms with Crippen molar-refractivity contribution in [1.29, 1.82) is 0 Å². The van der Waals surface area contributed by atoms with Gasteiger partial charge >= 0.3 is 0 Å². The second-order valence-corrected chi connectivity index (χ2v) is 5.48. The molecule has 14 heavy (non-hydrogen) atoms. The number of halogens is 3. The molecule has 0 aromatic heterocycles. The normalized spacial score (nSPS) is 11.4. The summed E-state index contributed by atoms with van der Waals surface area (Å²) in [6.07, 6.45) is 1.27. The van der Waals surface area contributed by atoms with Crippen LogP contribution in [0.25, 0.3) is 0 Å². The standard InChI is InChI=1S/C10H11Cl3O/c1-14-9-4-2-8(3-5-9)6-7-10(11,12)13/h2-5H,6-7H2,1H3. The molecular formula is C10H11Cl3O. The molecule has 0 aliphatic rings. The Kier molecular flexibility index (Phi) is 4.36. The van der Waals surface area contributed by atoms with E-state index in [9.17, 15) is 0 Å². The van der Waals surface area contributed by atoms with Crippen LogP contribution in [0.15, 0.2) is 24.3 Å². The molecule has 0 N–H and O–H groups in total. The van der Waals surface area contributed by atoms with Crippen LogP contribution in [0.3, 0.4) is 0 Å². The highest BCUT2D eigenvalue weighted by molar-refractivity contribution is 6.67. The van der Waals surface area contributed by atoms with Crippen molar-refractivity contribution >= 4 is 34.8 Å². The van der Waals surface area contributed by atoms with E-state index in [1.54, 1.807) is 7.11 Å². The van der Waals surface area contributed by atoms with Gasteiger partial charge in [-0.15, -0.1) is 0 Å². The molecule has 0 saturated heterocycles. The van der Waals surface area contributed by atoms with Gasteiger partial charge in [-0.1, -0.05) is 46.9 Å². The first-order valence-electron chi connectivity index (χ1n) is 4.21. The highest BCUT2D eigenvalue weighted by Gasteiger charge is 2.18. The zero-order chi connectivity index (χ0) is 10.6. The van der Waals surface area contributed by atoms with Crippen LogP contribution in [0.2, 0.25) is 0 Å². The van der Waals surface area contributed by atoms with Crippen molar-refractivity contribution in [3.63, 3.8) is 0 Å². The van der Waals surface area contributed by atoms with E-state index in [-0.39, 0.29) is 0 Å². The molecule has 0 aliphatic heterocycles. The lowest BCUT2D eigenvalue weighted by atomic mass is 10.1. The van der Waals surface area contributed by atoms with E-state index in [1.165, 1.54) is 0 Å². The van der Waals surface area contributed by atoms with Crippen LogP contribution in [0.1, 0.15) is 12.0 Å². The van der Waals surface area contributed by atoms with E-state index in [4.69, 9.17) is 39.5 Å². The van der Waals surface area contributed by atoms with Gasteiger partial charge in [-0.2, -0.15) is 0 Å². The van der Waals surface area contributed by atoms with Crippen LogP contribution in [0.5, 0.6) is 5.75 Å². The van der Waals surface area contributed by atoms with Crippen molar-refractivity contribution in [1.82, 2.24) is 0 Å². The van der Waals surface area contributed by atoms with Gasteiger partial charge in [-0.25, -0.2) is 0 Å². The van der Waals surface area contributed by atoms with Gasteiger partial charge < -0.3 is 4.74 Å². The van der Waals surface area contributed by atoms with Crippen molar-refractivity contribution in [2.45, 2.75) is 16.6 Å². The van der Waals surface area contributed by atoms with Gasteiger partial charge in [0.1, 0.15) is 5.75 Å². The Morgan fingerprint density at radius 3 is 2.14 bits per heavy atom. The minimum Gasteiger partial charge on any atom is -0.497 e. The first kappa shape index (κ1) is 12.0. The van der Waals surface area contributed by atoms with Gasteiger partial charge in [0.25, 0.3) is 0 Å². The molecule has 0 bridgehead atoms. The van der Waals surface area contributed by atoms with Gasteiger partial charge in [0.05, 0.1) is 7.11 Å². The van der Waals surface area contributed by atoms with Crippen molar-refractivity contribution in [2.24, 2.45) is 0 Å². The van der Waals surface area contributed by atoms with Crippen molar-refractivity contribution in [3.05, 3.63) is 29.8 Å². The maximum absolute atomic E-state index is 5.65. The molecule has 0 atom stereocenters. The zero-order valence-corrected chi connectivity index (χ0v) is 10.0. The Bertz CT molecular complexity index is 276. The average Bonchev–Trinajstić information content (AvgIpc) is 2.14. The zero-order valence-electron chi connectivity index (χ0n) is 7.77. The second kappa shape index (κ2) is 5.11. The summed E-state index contributed by atoms with van der Waals surface area (Å²) in [6.45, 7) is 0. The molecule has 1 aromatic rings. The lowest BCUT2D eigenvalue weighted by Gasteiger charge is -2.10. The van der Waals surface area contributed by atoms with Crippen LogP contribution in [0.4, 0.5) is 0 Å². The fourth-order valence-electron chi connectivity index (χ4n) is 1.08. The summed E-state index contributed by atoms with van der Waals surface area (Å²) in [5.74, 6) is 0.836. The fourth-order valence-corrected chi connectivity index (χ4v) is 1.36. The Hall–Kier alpha value is -0.110. The fraction of sp³-hybridized carbons (Fsp3) is 0.400. The van der Waals surface area contributed by atoms with Gasteiger partial charge in [0, 0.05) is 0 Å². The van der Waals surface area contributed by atoms with Crippen LogP contribution < -0.4 is 4.74 Å². The summed E-state index contributed by atoms with van der Waals surface area (Å²) in [4.78, 5) is 0. The predicted octanol–water partition coefficient (Wildman–Crippen LogP) is 4.00. The summed E-state index contributed by atoms with van der Waals surface area (Å²) in [5.41, 5.74) is 1.14. The third-order valence-electron chi connectivity index (χ3n) is 1.86. The lowest BCUT2D eigenvalue weighted by molar-refractivity contribution is 0.414. The minimum atomic E-state index is -1.17. The topological polar surface area (TPSA) is 9.23 Å². The maximum atomic E-state index is 5.65. The number of alkyl halides is 3. The number of methoxy groups -OCH3 is 1. The third-order valence-corrected chi connectivity index (χ3v) is 2.42. The highest BCUT2D eigenvalue weighted by Crippen LogP contribution is 2.31. The molecule has 0 amide bonds. The molecule has 0 aliphatic carbocycles. The second-order valence-electron chi connectivity index (χ2n) is 2.96. The Labute approximate surface area is 98.9 Å². The van der Waals surface area contributed by atoms with E-state index in [2.05, 4.69) is 0 Å². The van der Waals surface area contributed by atoms with Crippen LogP contribution in [-0.4, -0.2) is 10.9 Å². The maximum Gasteiger partial charge on any atom is 0.190 e. The highest BCUT2D eigenvalue weighted by atomic mass is 35.6. The number of hydrogen-bond acceptors (Lipinski definition) is 1. The quantitative estimate of drug-likeness (QED) is 0.740. The van der Waals surface area contributed by atoms with Gasteiger partial charge in [-0.05, 0) is 30.5 Å². The summed E-state index contributed by atoms with van der Waals surface area (Å²) in [5, 5.41) is 0. The third kappa shape index (κ3) is 4.41. The Morgan fingerprint density at radius 2 is 1.71 bits per heavy atom. The molecule has 0 heterocycles. The van der Waals surface area contributed by atoms with Crippen molar-refractivity contribution in [2.75, 3.05) is 7.11 Å². The van der Waals surface area contributed by atoms with E-state index < -0.39 is 3.79 Å². The predicted molar refractivity (Wildman–Crippen MR) is 61.6 cm³/mol. The summed E-state index contributed by atoms with van der Waals surface area (Å²) in [7, 11) is 1.64. The molecule has 4 heteroatoms. The molecule has 1 rings (SSSR count). The number of benzene rings is 1. The molecule has 0 radical (unpaired) electrons. The van der Waals surface area contributed by atoms with E-state index >= 15 is 0 Å². The number of ether oxygens (including phenoxy) is 1. The van der Waals surface area contributed by atoms with Crippen LogP contribution >= 0.6 is 34.8 Å². The molecule has 0 saturated carbocycles. The largest absolute Gasteiger partial charge is 0.497 e. The van der Waals surface area contributed by atoms with Gasteiger partial charge in [0.15, 0.2) is 3.79 Å². The van der Waals surface area contributed by atoms with Gasteiger partial charge in [-0.3, -0.25) is 0 Å².